The molecule has 1 heterocycles. The molecule has 0 bridgehead atoms. The van der Waals surface area contributed by atoms with Crippen LogP contribution in [0.15, 0.2) is 11.6 Å². The largest absolute Gasteiger partial charge is 0.350 e. The van der Waals surface area contributed by atoms with Gasteiger partial charge in [0.15, 0.2) is 6.29 Å². The van der Waals surface area contributed by atoms with Crippen molar-refractivity contribution in [1.29, 1.82) is 0 Å². The standard InChI is InChI=1S/C15H26O2/c1-4-15(3)7-5-13(6-8-15)11-12(2)14-16-9-10-17-14/h5,12,14H,4,6-11H2,1-3H3. The predicted octanol–water partition coefficient (Wildman–Crippen LogP) is 3.91. The molecule has 2 rings (SSSR count). The van der Waals surface area contributed by atoms with Crippen LogP contribution >= 0.6 is 0 Å². The fourth-order valence-corrected chi connectivity index (χ4v) is 2.78. The monoisotopic (exact) mass is 238 g/mol. The number of hydrogen-bond donors (Lipinski definition) is 0. The second-order valence-electron chi connectivity index (χ2n) is 6.02. The molecule has 0 radical (unpaired) electrons. The molecule has 2 atom stereocenters. The van der Waals surface area contributed by atoms with Crippen LogP contribution in [0.1, 0.15) is 52.9 Å². The van der Waals surface area contributed by atoms with E-state index in [2.05, 4.69) is 26.8 Å². The lowest BCUT2D eigenvalue weighted by atomic mass is 9.73. The van der Waals surface area contributed by atoms with Crippen LogP contribution in [0.2, 0.25) is 0 Å². The molecule has 2 nitrogen and oxygen atoms in total. The van der Waals surface area contributed by atoms with Crippen molar-refractivity contribution >= 4 is 0 Å². The van der Waals surface area contributed by atoms with Crippen LogP contribution in [-0.2, 0) is 9.47 Å². The second-order valence-corrected chi connectivity index (χ2v) is 6.02. The zero-order chi connectivity index (χ0) is 12.3. The van der Waals surface area contributed by atoms with Crippen LogP contribution in [0, 0.1) is 11.3 Å². The van der Waals surface area contributed by atoms with Crippen LogP contribution in [0.5, 0.6) is 0 Å². The molecular weight excluding hydrogens is 212 g/mol. The highest BCUT2D eigenvalue weighted by molar-refractivity contribution is 5.09. The lowest BCUT2D eigenvalue weighted by molar-refractivity contribution is -0.0783. The summed E-state index contributed by atoms with van der Waals surface area (Å²) in [4.78, 5) is 0. The van der Waals surface area contributed by atoms with Gasteiger partial charge in [0.2, 0.25) is 0 Å². The maximum atomic E-state index is 5.57. The van der Waals surface area contributed by atoms with Crippen LogP contribution < -0.4 is 0 Å². The molecule has 0 spiro atoms. The molecule has 17 heavy (non-hydrogen) atoms. The molecule has 0 aromatic carbocycles. The van der Waals surface area contributed by atoms with Crippen LogP contribution in [0.25, 0.3) is 0 Å². The maximum Gasteiger partial charge on any atom is 0.160 e. The smallest absolute Gasteiger partial charge is 0.160 e. The zero-order valence-electron chi connectivity index (χ0n) is 11.5. The highest BCUT2D eigenvalue weighted by Crippen LogP contribution is 2.39. The van der Waals surface area contributed by atoms with Gasteiger partial charge in [-0.3, -0.25) is 0 Å². The van der Waals surface area contributed by atoms with Crippen molar-refractivity contribution in [3.63, 3.8) is 0 Å². The number of rotatable bonds is 4. The summed E-state index contributed by atoms with van der Waals surface area (Å²) >= 11 is 0. The third kappa shape index (κ3) is 3.32. The highest BCUT2D eigenvalue weighted by Gasteiger charge is 2.28. The number of allylic oxidation sites excluding steroid dienone is 2. The minimum atomic E-state index is 0.0374. The van der Waals surface area contributed by atoms with Crippen LogP contribution in [0.4, 0.5) is 0 Å². The fourth-order valence-electron chi connectivity index (χ4n) is 2.78. The van der Waals surface area contributed by atoms with Gasteiger partial charge in [-0.15, -0.1) is 0 Å². The first-order chi connectivity index (χ1) is 8.13. The Bertz CT molecular complexity index is 279. The second kappa shape index (κ2) is 5.53. The number of hydrogen-bond acceptors (Lipinski definition) is 2. The van der Waals surface area contributed by atoms with Crippen LogP contribution in [-0.4, -0.2) is 19.5 Å². The Morgan fingerprint density at radius 2 is 2.12 bits per heavy atom. The summed E-state index contributed by atoms with van der Waals surface area (Å²) < 4.78 is 11.1. The lowest BCUT2D eigenvalue weighted by Crippen LogP contribution is -2.22. The molecule has 0 N–H and O–H groups in total. The fraction of sp³-hybridized carbons (Fsp3) is 0.867. The summed E-state index contributed by atoms with van der Waals surface area (Å²) in [6.45, 7) is 8.49. The van der Waals surface area contributed by atoms with Gasteiger partial charge in [-0.2, -0.15) is 0 Å². The summed E-state index contributed by atoms with van der Waals surface area (Å²) in [5.41, 5.74) is 2.16. The molecule has 1 fully saturated rings. The van der Waals surface area contributed by atoms with E-state index in [9.17, 15) is 0 Å². The minimum absolute atomic E-state index is 0.0374. The van der Waals surface area contributed by atoms with Crippen LogP contribution in [0.3, 0.4) is 0 Å². The van der Waals surface area contributed by atoms with Crippen molar-refractivity contribution in [2.45, 2.75) is 59.2 Å². The van der Waals surface area contributed by atoms with E-state index in [-0.39, 0.29) is 6.29 Å². The van der Waals surface area contributed by atoms with Gasteiger partial charge < -0.3 is 9.47 Å². The summed E-state index contributed by atoms with van der Waals surface area (Å²) in [7, 11) is 0. The Morgan fingerprint density at radius 3 is 2.65 bits per heavy atom. The predicted molar refractivity (Wildman–Crippen MR) is 69.8 cm³/mol. The third-order valence-corrected chi connectivity index (χ3v) is 4.48. The maximum absolute atomic E-state index is 5.57. The molecule has 1 aliphatic heterocycles. The molecule has 0 amide bonds. The summed E-state index contributed by atoms with van der Waals surface area (Å²) in [6.07, 6.45) is 8.80. The van der Waals surface area contributed by atoms with Crippen molar-refractivity contribution in [3.05, 3.63) is 11.6 Å². The minimum Gasteiger partial charge on any atom is -0.350 e. The Morgan fingerprint density at radius 1 is 1.41 bits per heavy atom. The molecule has 2 aliphatic rings. The molecule has 98 valence electrons. The van der Waals surface area contributed by atoms with Gasteiger partial charge in [0.25, 0.3) is 0 Å². The molecule has 0 saturated carbocycles. The Labute approximate surface area is 105 Å². The van der Waals surface area contributed by atoms with Gasteiger partial charge >= 0.3 is 0 Å². The highest BCUT2D eigenvalue weighted by atomic mass is 16.7. The van der Waals surface area contributed by atoms with Gasteiger partial charge in [-0.05, 0) is 31.1 Å². The van der Waals surface area contributed by atoms with E-state index in [1.165, 1.54) is 25.7 Å². The van der Waals surface area contributed by atoms with Crippen molar-refractivity contribution in [3.8, 4) is 0 Å². The Hall–Kier alpha value is -0.340. The lowest BCUT2D eigenvalue weighted by Gasteiger charge is -2.32. The first-order valence-corrected chi connectivity index (χ1v) is 7.04. The first kappa shape index (κ1) is 13.1. The van der Waals surface area contributed by atoms with Gasteiger partial charge in [-0.25, -0.2) is 0 Å². The summed E-state index contributed by atoms with van der Waals surface area (Å²) in [5.74, 6) is 0.495. The van der Waals surface area contributed by atoms with E-state index in [1.807, 2.05) is 0 Å². The molecule has 0 aromatic heterocycles. The topological polar surface area (TPSA) is 18.5 Å². The van der Waals surface area contributed by atoms with E-state index in [0.717, 1.165) is 19.6 Å². The zero-order valence-corrected chi connectivity index (χ0v) is 11.5. The Kier molecular flexibility index (Phi) is 4.26. The molecule has 2 heteroatoms. The summed E-state index contributed by atoms with van der Waals surface area (Å²) in [6, 6.07) is 0. The van der Waals surface area contributed by atoms with Gasteiger partial charge in [0.05, 0.1) is 13.2 Å². The van der Waals surface area contributed by atoms with Gasteiger partial charge in [0.1, 0.15) is 0 Å². The van der Waals surface area contributed by atoms with E-state index < -0.39 is 0 Å². The van der Waals surface area contributed by atoms with E-state index >= 15 is 0 Å². The van der Waals surface area contributed by atoms with Gasteiger partial charge in [0, 0.05) is 5.92 Å². The van der Waals surface area contributed by atoms with E-state index in [4.69, 9.17) is 9.47 Å². The molecule has 1 saturated heterocycles. The third-order valence-electron chi connectivity index (χ3n) is 4.48. The molecular formula is C15H26O2. The molecule has 0 aromatic rings. The van der Waals surface area contributed by atoms with Crippen molar-refractivity contribution < 1.29 is 9.47 Å². The van der Waals surface area contributed by atoms with Gasteiger partial charge in [-0.1, -0.05) is 38.8 Å². The Balaban J connectivity index is 1.83. The number of ether oxygens (including phenoxy) is 2. The summed E-state index contributed by atoms with van der Waals surface area (Å²) in [5, 5.41) is 0. The normalized spacial score (nSPS) is 32.5. The quantitative estimate of drug-likeness (QED) is 0.691. The van der Waals surface area contributed by atoms with Crippen molar-refractivity contribution in [2.24, 2.45) is 11.3 Å². The SMILES string of the molecule is CCC1(C)CC=C(CC(C)C2OCCO2)CC1. The average molecular weight is 238 g/mol. The van der Waals surface area contributed by atoms with E-state index in [0.29, 0.717) is 11.3 Å². The first-order valence-electron chi connectivity index (χ1n) is 7.04. The van der Waals surface area contributed by atoms with Crippen molar-refractivity contribution in [2.75, 3.05) is 13.2 Å². The molecule has 2 unspecified atom stereocenters. The molecule has 1 aliphatic carbocycles. The van der Waals surface area contributed by atoms with Crippen molar-refractivity contribution in [1.82, 2.24) is 0 Å². The van der Waals surface area contributed by atoms with E-state index in [1.54, 1.807) is 5.57 Å². The average Bonchev–Trinajstić information content (AvgIpc) is 2.86.